The number of aryl methyl sites for hydroxylation is 1. The summed E-state index contributed by atoms with van der Waals surface area (Å²) in [5.41, 5.74) is 0.0372. The average molecular weight is 292 g/mol. The zero-order valence-corrected chi connectivity index (χ0v) is 12.3. The minimum atomic E-state index is -0.710. The van der Waals surface area contributed by atoms with Crippen LogP contribution in [-0.4, -0.2) is 26.7 Å². The minimum absolute atomic E-state index is 0.0346. The lowest BCUT2D eigenvalue weighted by Gasteiger charge is -2.20. The van der Waals surface area contributed by atoms with Crippen molar-refractivity contribution in [1.29, 1.82) is 0 Å². The van der Waals surface area contributed by atoms with Gasteiger partial charge in [0.2, 0.25) is 0 Å². The molecule has 0 saturated heterocycles. The second kappa shape index (κ2) is 5.51. The van der Waals surface area contributed by atoms with Gasteiger partial charge in [-0.2, -0.15) is 15.0 Å². The van der Waals surface area contributed by atoms with Gasteiger partial charge in [0, 0.05) is 12.6 Å². The molecule has 0 spiro atoms. The van der Waals surface area contributed by atoms with E-state index in [0.29, 0.717) is 5.69 Å². The van der Waals surface area contributed by atoms with Crippen LogP contribution in [0.25, 0.3) is 11.3 Å². The van der Waals surface area contributed by atoms with Gasteiger partial charge in [-0.1, -0.05) is 6.07 Å². The van der Waals surface area contributed by atoms with Crippen molar-refractivity contribution in [2.45, 2.75) is 26.4 Å². The molecule has 0 bridgehead atoms. The summed E-state index contributed by atoms with van der Waals surface area (Å²) in [6.07, 6.45) is 0.744. The molecule has 1 aromatic heterocycles. The molecule has 1 heterocycles. The molecule has 1 N–H and O–H groups in total. The number of carbonyl (C=O) groups is 1. The Morgan fingerprint density at radius 3 is 2.67 bits per heavy atom. The van der Waals surface area contributed by atoms with E-state index in [1.165, 1.54) is 17.1 Å². The first-order valence-corrected chi connectivity index (χ1v) is 6.41. The smallest absolute Gasteiger partial charge is 0.412 e. The maximum atomic E-state index is 14.4. The summed E-state index contributed by atoms with van der Waals surface area (Å²) in [6.45, 7) is 5.21. The molecule has 1 amide bonds. The lowest BCUT2D eigenvalue weighted by molar-refractivity contribution is 0.0635. The highest BCUT2D eigenvalue weighted by atomic mass is 19.1. The first kappa shape index (κ1) is 15.0. The van der Waals surface area contributed by atoms with Gasteiger partial charge in [0.25, 0.3) is 0 Å². The predicted molar refractivity (Wildman–Crippen MR) is 76.3 cm³/mol. The fourth-order valence-corrected chi connectivity index (χ4v) is 1.71. The van der Waals surface area contributed by atoms with Gasteiger partial charge in [-0.05, 0) is 32.9 Å². The third-order valence-corrected chi connectivity index (χ3v) is 2.51. The Bertz CT molecular complexity index is 661. The fraction of sp³-hybridized carbons (Fsp3) is 0.357. The summed E-state index contributed by atoms with van der Waals surface area (Å²) < 4.78 is 19.5. The standard InChI is InChI=1S/C14H17FN4O2/c1-14(2,3)21-13(20)17-10-7-5-6-9(12(10)15)11-8-16-19(4)18-11/h5-8H,1-4H3,(H,17,20). The van der Waals surface area contributed by atoms with Crippen LogP contribution in [0.5, 0.6) is 0 Å². The van der Waals surface area contributed by atoms with Gasteiger partial charge in [-0.3, -0.25) is 5.32 Å². The molecule has 112 valence electrons. The predicted octanol–water partition coefficient (Wildman–Crippen LogP) is 2.97. The van der Waals surface area contributed by atoms with Gasteiger partial charge >= 0.3 is 6.09 Å². The molecule has 1 aromatic carbocycles. The van der Waals surface area contributed by atoms with E-state index in [0.717, 1.165) is 0 Å². The molecule has 0 saturated carbocycles. The van der Waals surface area contributed by atoms with Crippen molar-refractivity contribution in [1.82, 2.24) is 15.0 Å². The van der Waals surface area contributed by atoms with E-state index in [9.17, 15) is 9.18 Å². The molecule has 7 heteroatoms. The molecule has 21 heavy (non-hydrogen) atoms. The Labute approximate surface area is 121 Å². The fourth-order valence-electron chi connectivity index (χ4n) is 1.71. The van der Waals surface area contributed by atoms with Crippen LogP contribution in [0.15, 0.2) is 24.4 Å². The number of hydrogen-bond donors (Lipinski definition) is 1. The topological polar surface area (TPSA) is 69.0 Å². The minimum Gasteiger partial charge on any atom is -0.444 e. The quantitative estimate of drug-likeness (QED) is 0.924. The molecule has 0 fully saturated rings. The van der Waals surface area contributed by atoms with Gasteiger partial charge < -0.3 is 4.74 Å². The highest BCUT2D eigenvalue weighted by Crippen LogP contribution is 2.26. The molecular formula is C14H17FN4O2. The van der Waals surface area contributed by atoms with Crippen molar-refractivity contribution < 1.29 is 13.9 Å². The van der Waals surface area contributed by atoms with Crippen LogP contribution in [0.2, 0.25) is 0 Å². The van der Waals surface area contributed by atoms with E-state index in [4.69, 9.17) is 4.74 Å². The lowest BCUT2D eigenvalue weighted by atomic mass is 10.1. The van der Waals surface area contributed by atoms with Crippen molar-refractivity contribution in [3.8, 4) is 11.3 Å². The Hall–Kier alpha value is -2.44. The Morgan fingerprint density at radius 2 is 2.10 bits per heavy atom. The van der Waals surface area contributed by atoms with Gasteiger partial charge in [-0.25, -0.2) is 9.18 Å². The van der Waals surface area contributed by atoms with Crippen LogP contribution in [0, 0.1) is 5.82 Å². The highest BCUT2D eigenvalue weighted by molar-refractivity contribution is 5.86. The molecule has 2 aromatic rings. The molecule has 0 atom stereocenters. The Morgan fingerprint density at radius 1 is 1.38 bits per heavy atom. The first-order chi connectivity index (χ1) is 9.76. The van der Waals surface area contributed by atoms with Crippen LogP contribution in [0.1, 0.15) is 20.8 Å². The normalized spacial score (nSPS) is 11.3. The molecule has 0 aliphatic carbocycles. The Balaban J connectivity index is 2.24. The van der Waals surface area contributed by atoms with E-state index >= 15 is 0 Å². The number of nitrogens with one attached hydrogen (secondary N) is 1. The maximum absolute atomic E-state index is 14.4. The number of nitrogens with zero attached hydrogens (tertiary/aromatic N) is 3. The van der Waals surface area contributed by atoms with Crippen molar-refractivity contribution in [2.75, 3.05) is 5.32 Å². The zero-order valence-electron chi connectivity index (χ0n) is 12.3. The van der Waals surface area contributed by atoms with E-state index in [1.807, 2.05) is 0 Å². The first-order valence-electron chi connectivity index (χ1n) is 6.41. The number of halogens is 1. The average Bonchev–Trinajstić information content (AvgIpc) is 2.76. The summed E-state index contributed by atoms with van der Waals surface area (Å²) in [5.74, 6) is -0.580. The lowest BCUT2D eigenvalue weighted by Crippen LogP contribution is -2.27. The largest absolute Gasteiger partial charge is 0.444 e. The van der Waals surface area contributed by atoms with E-state index in [2.05, 4.69) is 15.5 Å². The van der Waals surface area contributed by atoms with Crippen molar-refractivity contribution in [2.24, 2.45) is 7.05 Å². The third kappa shape index (κ3) is 3.77. The number of amides is 1. The maximum Gasteiger partial charge on any atom is 0.412 e. The number of aromatic nitrogens is 3. The summed E-state index contributed by atoms with van der Waals surface area (Å²) >= 11 is 0. The van der Waals surface area contributed by atoms with Crippen LogP contribution < -0.4 is 5.32 Å². The van der Waals surface area contributed by atoms with Gasteiger partial charge in [-0.15, -0.1) is 0 Å². The van der Waals surface area contributed by atoms with Gasteiger partial charge in [0.1, 0.15) is 11.3 Å². The monoisotopic (exact) mass is 292 g/mol. The molecular weight excluding hydrogens is 275 g/mol. The van der Waals surface area contributed by atoms with E-state index in [-0.39, 0.29) is 11.3 Å². The molecule has 0 aliphatic heterocycles. The number of rotatable bonds is 2. The molecule has 0 aliphatic rings. The van der Waals surface area contributed by atoms with Crippen molar-refractivity contribution in [3.05, 3.63) is 30.2 Å². The van der Waals surface area contributed by atoms with Crippen molar-refractivity contribution in [3.63, 3.8) is 0 Å². The third-order valence-electron chi connectivity index (χ3n) is 2.51. The molecule has 0 unspecified atom stereocenters. The molecule has 6 nitrogen and oxygen atoms in total. The molecule has 0 radical (unpaired) electrons. The van der Waals surface area contributed by atoms with Crippen LogP contribution >= 0.6 is 0 Å². The summed E-state index contributed by atoms with van der Waals surface area (Å²) in [4.78, 5) is 13.0. The number of anilines is 1. The number of hydrogen-bond acceptors (Lipinski definition) is 4. The number of benzene rings is 1. The second-order valence-corrected chi connectivity index (χ2v) is 5.51. The van der Waals surface area contributed by atoms with Crippen LogP contribution in [-0.2, 0) is 11.8 Å². The van der Waals surface area contributed by atoms with Gasteiger partial charge in [0.15, 0.2) is 5.82 Å². The van der Waals surface area contributed by atoms with E-state index in [1.54, 1.807) is 40.0 Å². The summed E-state index contributed by atoms with van der Waals surface area (Å²) in [7, 11) is 1.64. The summed E-state index contributed by atoms with van der Waals surface area (Å²) in [6, 6.07) is 4.65. The number of ether oxygens (including phenoxy) is 1. The Kier molecular flexibility index (Phi) is 3.93. The second-order valence-electron chi connectivity index (χ2n) is 5.51. The molecule has 2 rings (SSSR count). The number of carbonyl (C=O) groups excluding carboxylic acids is 1. The summed E-state index contributed by atoms with van der Waals surface area (Å²) in [5, 5.41) is 10.3. The van der Waals surface area contributed by atoms with Crippen molar-refractivity contribution >= 4 is 11.8 Å². The highest BCUT2D eigenvalue weighted by Gasteiger charge is 2.19. The van der Waals surface area contributed by atoms with Crippen LogP contribution in [0.3, 0.4) is 0 Å². The zero-order chi connectivity index (χ0) is 15.6. The van der Waals surface area contributed by atoms with E-state index < -0.39 is 17.5 Å². The van der Waals surface area contributed by atoms with Crippen LogP contribution in [0.4, 0.5) is 14.9 Å². The SMILES string of the molecule is Cn1ncc(-c2cccc(NC(=O)OC(C)(C)C)c2F)n1. The van der Waals surface area contributed by atoms with Gasteiger partial charge in [0.05, 0.1) is 11.9 Å².